The van der Waals surface area contributed by atoms with Crippen LogP contribution in [-0.4, -0.2) is 73.7 Å². The van der Waals surface area contributed by atoms with Crippen LogP contribution in [0.5, 0.6) is 0 Å². The average molecular weight is 653 g/mol. The Balaban J connectivity index is 1.26. The minimum absolute atomic E-state index is 0.0738. The predicted molar refractivity (Wildman–Crippen MR) is 172 cm³/mol. The Morgan fingerprint density at radius 2 is 1.65 bits per heavy atom. The van der Waals surface area contributed by atoms with Gasteiger partial charge in [0, 0.05) is 24.1 Å². The Hall–Kier alpha value is -4.26. The predicted octanol–water partition coefficient (Wildman–Crippen LogP) is 5.30. The fraction of sp³-hybridized carbons (Fsp3) is 0.353. The number of fused-ring (bicyclic) bond motifs is 1. The maximum Gasteiger partial charge on any atom is 0.337 e. The third kappa shape index (κ3) is 7.75. The minimum Gasteiger partial charge on any atom is -0.465 e. The molecule has 0 radical (unpaired) electrons. The van der Waals surface area contributed by atoms with Crippen LogP contribution in [0, 0.1) is 5.82 Å². The van der Waals surface area contributed by atoms with Gasteiger partial charge in [-0.15, -0.1) is 0 Å². The molecular formula is C34H37FN2O8S. The normalized spacial score (nSPS) is 13.1. The zero-order valence-electron chi connectivity index (χ0n) is 26.0. The van der Waals surface area contributed by atoms with Crippen molar-refractivity contribution in [2.75, 3.05) is 57.7 Å². The number of furan rings is 1. The van der Waals surface area contributed by atoms with E-state index in [2.05, 4.69) is 5.32 Å². The number of hydrogen-bond acceptors (Lipinski definition) is 8. The summed E-state index contributed by atoms with van der Waals surface area (Å²) in [5, 5.41) is 3.21. The number of halogens is 1. The van der Waals surface area contributed by atoms with Crippen LogP contribution in [-0.2, 0) is 30.7 Å². The molecule has 0 spiro atoms. The number of esters is 1. The molecule has 1 aliphatic rings. The fourth-order valence-electron chi connectivity index (χ4n) is 5.29. The van der Waals surface area contributed by atoms with Gasteiger partial charge in [0.05, 0.1) is 63.2 Å². The van der Waals surface area contributed by atoms with Gasteiger partial charge in [0.15, 0.2) is 0 Å². The monoisotopic (exact) mass is 652 g/mol. The standard InChI is InChI=1S/C34H37FN2O8S/c1-36-33(38)31-28-20-27(23-8-9-23)29(21-30(28)45-32(31)24-10-12-26(35)13-11-24)37(46(3,40)41)15-17-44-19-18-43-16-14-22-4-6-25(7-5-22)34(39)42-2/h4-7,10-13,20-21,23H,8-9,14-19H2,1-3H3,(H,36,38). The summed E-state index contributed by atoms with van der Waals surface area (Å²) < 4.78 is 63.3. The number of amides is 1. The molecule has 3 aromatic carbocycles. The van der Waals surface area contributed by atoms with Gasteiger partial charge in [0.2, 0.25) is 10.0 Å². The number of rotatable bonds is 15. The molecule has 0 atom stereocenters. The van der Waals surface area contributed by atoms with E-state index < -0.39 is 15.8 Å². The highest BCUT2D eigenvalue weighted by Gasteiger charge is 2.33. The minimum atomic E-state index is -3.71. The van der Waals surface area contributed by atoms with Crippen molar-refractivity contribution in [1.82, 2.24) is 5.32 Å². The summed E-state index contributed by atoms with van der Waals surface area (Å²) in [6.07, 6.45) is 3.61. The Kier molecular flexibility index (Phi) is 10.4. The van der Waals surface area contributed by atoms with E-state index in [-0.39, 0.29) is 43.3 Å². The van der Waals surface area contributed by atoms with E-state index in [9.17, 15) is 22.4 Å². The molecule has 1 aliphatic carbocycles. The Morgan fingerprint density at radius 1 is 0.978 bits per heavy atom. The highest BCUT2D eigenvalue weighted by Crippen LogP contribution is 2.48. The molecule has 1 amide bonds. The maximum atomic E-state index is 13.6. The Morgan fingerprint density at radius 3 is 2.26 bits per heavy atom. The lowest BCUT2D eigenvalue weighted by molar-refractivity contribution is 0.0521. The first-order valence-corrected chi connectivity index (χ1v) is 16.8. The van der Waals surface area contributed by atoms with Crippen molar-refractivity contribution >= 4 is 38.6 Å². The van der Waals surface area contributed by atoms with Gasteiger partial charge in [-0.1, -0.05) is 12.1 Å². The number of carbonyl (C=O) groups excluding carboxylic acids is 2. The smallest absolute Gasteiger partial charge is 0.337 e. The first-order chi connectivity index (χ1) is 22.1. The lowest BCUT2D eigenvalue weighted by Crippen LogP contribution is -2.34. The summed E-state index contributed by atoms with van der Waals surface area (Å²) in [4.78, 5) is 24.6. The molecule has 4 aromatic rings. The molecule has 1 N–H and O–H groups in total. The second-order valence-corrected chi connectivity index (χ2v) is 13.0. The van der Waals surface area contributed by atoms with Gasteiger partial charge in [0.1, 0.15) is 17.2 Å². The number of hydrogen-bond donors (Lipinski definition) is 1. The molecule has 0 aliphatic heterocycles. The van der Waals surface area contributed by atoms with Gasteiger partial charge in [-0.25, -0.2) is 17.6 Å². The van der Waals surface area contributed by atoms with Crippen LogP contribution in [0.2, 0.25) is 0 Å². The second kappa shape index (κ2) is 14.4. The van der Waals surface area contributed by atoms with Crippen LogP contribution >= 0.6 is 0 Å². The van der Waals surface area contributed by atoms with Crippen LogP contribution < -0.4 is 9.62 Å². The number of ether oxygens (including phenoxy) is 3. The van der Waals surface area contributed by atoms with Crippen LogP contribution in [0.3, 0.4) is 0 Å². The van der Waals surface area contributed by atoms with Gasteiger partial charge in [-0.05, 0) is 78.8 Å². The highest BCUT2D eigenvalue weighted by molar-refractivity contribution is 7.92. The summed E-state index contributed by atoms with van der Waals surface area (Å²) in [5.74, 6) is -0.733. The zero-order chi connectivity index (χ0) is 32.8. The summed E-state index contributed by atoms with van der Waals surface area (Å²) in [5.41, 5.74) is 3.99. The lowest BCUT2D eigenvalue weighted by atomic mass is 10.0. The second-order valence-electron chi connectivity index (χ2n) is 11.1. The highest BCUT2D eigenvalue weighted by atomic mass is 32.2. The molecule has 0 bridgehead atoms. The molecule has 0 saturated heterocycles. The average Bonchev–Trinajstić information content (AvgIpc) is 3.83. The molecule has 1 fully saturated rings. The number of nitrogens with one attached hydrogen (secondary N) is 1. The third-order valence-corrected chi connectivity index (χ3v) is 8.98. The van der Waals surface area contributed by atoms with E-state index >= 15 is 0 Å². The molecule has 1 aromatic heterocycles. The van der Waals surface area contributed by atoms with Crippen molar-refractivity contribution in [3.63, 3.8) is 0 Å². The molecule has 46 heavy (non-hydrogen) atoms. The van der Waals surface area contributed by atoms with Gasteiger partial charge in [-0.2, -0.15) is 0 Å². The van der Waals surface area contributed by atoms with E-state index in [0.29, 0.717) is 53.0 Å². The SMILES string of the molecule is CNC(=O)c1c(-c2ccc(F)cc2)oc2cc(N(CCOCCOCCc3ccc(C(=O)OC)cc3)S(C)(=O)=O)c(C3CC3)cc12. The number of carbonyl (C=O) groups is 2. The molecule has 0 unspecified atom stereocenters. The Bertz CT molecular complexity index is 1800. The first-order valence-electron chi connectivity index (χ1n) is 15.0. The quantitative estimate of drug-likeness (QED) is 0.136. The molecule has 12 heteroatoms. The van der Waals surface area contributed by atoms with Crippen LogP contribution in [0.4, 0.5) is 10.1 Å². The van der Waals surface area contributed by atoms with E-state index in [1.165, 1.54) is 42.7 Å². The van der Waals surface area contributed by atoms with E-state index in [1.54, 1.807) is 18.2 Å². The van der Waals surface area contributed by atoms with Gasteiger partial charge >= 0.3 is 5.97 Å². The van der Waals surface area contributed by atoms with Crippen LogP contribution in [0.25, 0.3) is 22.3 Å². The van der Waals surface area contributed by atoms with Crippen molar-refractivity contribution < 1.29 is 41.0 Å². The van der Waals surface area contributed by atoms with E-state index in [1.807, 2.05) is 18.2 Å². The largest absolute Gasteiger partial charge is 0.465 e. The molecule has 10 nitrogen and oxygen atoms in total. The molecular weight excluding hydrogens is 615 g/mol. The number of benzene rings is 3. The summed E-state index contributed by atoms with van der Waals surface area (Å²) in [6, 6.07) is 16.3. The molecule has 1 saturated carbocycles. The van der Waals surface area contributed by atoms with Crippen molar-refractivity contribution in [2.24, 2.45) is 0 Å². The van der Waals surface area contributed by atoms with Gasteiger partial charge < -0.3 is 23.9 Å². The maximum absolute atomic E-state index is 13.6. The van der Waals surface area contributed by atoms with Crippen molar-refractivity contribution in [3.8, 4) is 11.3 Å². The van der Waals surface area contributed by atoms with Crippen molar-refractivity contribution in [3.05, 3.63) is 88.7 Å². The topological polar surface area (TPSA) is 124 Å². The molecule has 1 heterocycles. The number of anilines is 1. The van der Waals surface area contributed by atoms with Crippen LogP contribution in [0.15, 0.2) is 65.1 Å². The van der Waals surface area contributed by atoms with Gasteiger partial charge in [0.25, 0.3) is 5.91 Å². The number of sulfonamides is 1. The third-order valence-electron chi connectivity index (χ3n) is 7.80. The van der Waals surface area contributed by atoms with Crippen LogP contribution in [0.1, 0.15) is 50.6 Å². The van der Waals surface area contributed by atoms with E-state index in [4.69, 9.17) is 18.6 Å². The first kappa shape index (κ1) is 33.1. The lowest BCUT2D eigenvalue weighted by Gasteiger charge is -2.25. The summed E-state index contributed by atoms with van der Waals surface area (Å²) >= 11 is 0. The summed E-state index contributed by atoms with van der Waals surface area (Å²) in [7, 11) is -0.844. The Labute approximate surface area is 267 Å². The number of nitrogens with zero attached hydrogens (tertiary/aromatic N) is 1. The number of methoxy groups -OCH3 is 1. The van der Waals surface area contributed by atoms with Crippen molar-refractivity contribution in [2.45, 2.75) is 25.2 Å². The molecule has 244 valence electrons. The summed E-state index contributed by atoms with van der Waals surface area (Å²) in [6.45, 7) is 1.28. The van der Waals surface area contributed by atoms with Crippen molar-refractivity contribution in [1.29, 1.82) is 0 Å². The molecule has 5 rings (SSSR count). The van der Waals surface area contributed by atoms with E-state index in [0.717, 1.165) is 30.2 Å². The van der Waals surface area contributed by atoms with Gasteiger partial charge in [-0.3, -0.25) is 9.10 Å². The zero-order valence-corrected chi connectivity index (χ0v) is 26.8. The fourth-order valence-corrected chi connectivity index (χ4v) is 6.21.